The molecule has 186 valence electrons. The normalized spacial score (nSPS) is 25.7. The molecule has 3 aromatic rings. The molecule has 3 heterocycles. The van der Waals surface area contributed by atoms with Crippen LogP contribution in [0.4, 0.5) is 0 Å². The molecule has 0 aliphatic carbocycles. The van der Waals surface area contributed by atoms with Crippen molar-refractivity contribution in [3.05, 3.63) is 51.9 Å². The minimum atomic E-state index is -1.57. The molecule has 1 aromatic heterocycles. The zero-order chi connectivity index (χ0) is 24.9. The molecule has 2 aromatic carbocycles. The van der Waals surface area contributed by atoms with Crippen LogP contribution < -0.4 is 19.6 Å². The van der Waals surface area contributed by atoms with Crippen LogP contribution in [-0.2, 0) is 11.2 Å². The first-order valence-electron chi connectivity index (χ1n) is 11.3. The van der Waals surface area contributed by atoms with E-state index in [0.717, 1.165) is 0 Å². The number of aliphatic hydroxyl groups excluding tert-OH is 4. The van der Waals surface area contributed by atoms with Crippen molar-refractivity contribution in [1.82, 2.24) is 0 Å². The average molecular weight is 486 g/mol. The predicted molar refractivity (Wildman–Crippen MR) is 123 cm³/mol. The first kappa shape index (κ1) is 23.6. The van der Waals surface area contributed by atoms with Gasteiger partial charge in [0.15, 0.2) is 11.5 Å². The van der Waals surface area contributed by atoms with Gasteiger partial charge < -0.3 is 43.8 Å². The van der Waals surface area contributed by atoms with Crippen molar-refractivity contribution in [1.29, 1.82) is 0 Å². The van der Waals surface area contributed by atoms with E-state index in [1.807, 2.05) is 6.92 Å². The average Bonchev–Trinajstić information content (AvgIpc) is 3.32. The van der Waals surface area contributed by atoms with Crippen molar-refractivity contribution in [2.75, 3.05) is 13.4 Å². The molecule has 5 rings (SSSR count). The fourth-order valence-corrected chi connectivity index (χ4v) is 4.44. The number of hydrogen-bond acceptors (Lipinski definition) is 10. The first-order chi connectivity index (χ1) is 16.8. The van der Waals surface area contributed by atoms with E-state index in [1.165, 1.54) is 6.07 Å². The minimum Gasteiger partial charge on any atom is -0.462 e. The Morgan fingerprint density at radius 3 is 2.54 bits per heavy atom. The summed E-state index contributed by atoms with van der Waals surface area (Å²) < 4.78 is 28.1. The van der Waals surface area contributed by atoms with Crippen molar-refractivity contribution in [3.8, 4) is 28.4 Å². The predicted octanol–water partition coefficient (Wildman–Crippen LogP) is 1.24. The summed E-state index contributed by atoms with van der Waals surface area (Å²) in [6.07, 6.45) is -6.60. The van der Waals surface area contributed by atoms with Crippen molar-refractivity contribution in [2.45, 2.75) is 51.0 Å². The SMILES string of the molecule is CCc1cc2c(=O)c(-c3ccc4c(c3)OCO4)c(C)oc2cc1O[C@H]1O[C@@H](CO)[C@@H](O)[C@@H](O)[C@H]1O. The molecule has 4 N–H and O–H groups in total. The van der Waals surface area contributed by atoms with Gasteiger partial charge in [-0.15, -0.1) is 0 Å². The molecule has 10 heteroatoms. The van der Waals surface area contributed by atoms with Gasteiger partial charge in [0.1, 0.15) is 41.5 Å². The maximum Gasteiger partial charge on any atom is 0.231 e. The summed E-state index contributed by atoms with van der Waals surface area (Å²) >= 11 is 0. The number of hydrogen-bond donors (Lipinski definition) is 4. The van der Waals surface area contributed by atoms with Crippen molar-refractivity contribution in [3.63, 3.8) is 0 Å². The van der Waals surface area contributed by atoms with Gasteiger partial charge in [-0.05, 0) is 42.7 Å². The van der Waals surface area contributed by atoms with Crippen LogP contribution in [0.15, 0.2) is 39.5 Å². The van der Waals surface area contributed by atoms with E-state index in [0.29, 0.717) is 45.8 Å². The molecule has 5 atom stereocenters. The van der Waals surface area contributed by atoms with Crippen molar-refractivity contribution in [2.24, 2.45) is 0 Å². The Kier molecular flexibility index (Phi) is 6.16. The Morgan fingerprint density at radius 1 is 1.03 bits per heavy atom. The van der Waals surface area contributed by atoms with Gasteiger partial charge in [0.25, 0.3) is 0 Å². The molecule has 0 bridgehead atoms. The van der Waals surface area contributed by atoms with E-state index in [-0.39, 0.29) is 23.6 Å². The lowest BCUT2D eigenvalue weighted by Crippen LogP contribution is -2.60. The molecule has 35 heavy (non-hydrogen) atoms. The molecule has 0 saturated carbocycles. The largest absolute Gasteiger partial charge is 0.462 e. The molecular weight excluding hydrogens is 460 g/mol. The highest BCUT2D eigenvalue weighted by molar-refractivity contribution is 5.85. The third-order valence-corrected chi connectivity index (χ3v) is 6.38. The van der Waals surface area contributed by atoms with E-state index in [1.54, 1.807) is 31.2 Å². The highest BCUT2D eigenvalue weighted by Crippen LogP contribution is 2.37. The number of ether oxygens (including phenoxy) is 4. The lowest BCUT2D eigenvalue weighted by molar-refractivity contribution is -0.277. The number of aliphatic hydroxyl groups is 4. The summed E-state index contributed by atoms with van der Waals surface area (Å²) in [4.78, 5) is 13.5. The molecular formula is C25H26O10. The lowest BCUT2D eigenvalue weighted by atomic mass is 9.99. The maximum absolute atomic E-state index is 13.5. The van der Waals surface area contributed by atoms with Crippen molar-refractivity contribution < 1.29 is 43.8 Å². The summed E-state index contributed by atoms with van der Waals surface area (Å²) in [5.41, 5.74) is 1.73. The van der Waals surface area contributed by atoms with Crippen LogP contribution in [0.25, 0.3) is 22.1 Å². The smallest absolute Gasteiger partial charge is 0.231 e. The number of fused-ring (bicyclic) bond motifs is 2. The van der Waals surface area contributed by atoms with Gasteiger partial charge in [-0.2, -0.15) is 0 Å². The fraction of sp³-hybridized carbons (Fsp3) is 0.400. The zero-order valence-corrected chi connectivity index (χ0v) is 19.1. The third-order valence-electron chi connectivity index (χ3n) is 6.38. The van der Waals surface area contributed by atoms with Crippen molar-refractivity contribution >= 4 is 11.0 Å². The molecule has 0 spiro atoms. The van der Waals surface area contributed by atoms with Crippen LogP contribution in [0.3, 0.4) is 0 Å². The first-order valence-corrected chi connectivity index (χ1v) is 11.3. The monoisotopic (exact) mass is 486 g/mol. The Balaban J connectivity index is 1.54. The quantitative estimate of drug-likeness (QED) is 0.415. The molecule has 0 amide bonds. The van der Waals surface area contributed by atoms with E-state index < -0.39 is 37.3 Å². The molecule has 2 aliphatic heterocycles. The highest BCUT2D eigenvalue weighted by atomic mass is 16.7. The number of benzene rings is 2. The summed E-state index contributed by atoms with van der Waals surface area (Å²) in [7, 11) is 0. The molecule has 0 radical (unpaired) electrons. The number of aryl methyl sites for hydroxylation is 2. The highest BCUT2D eigenvalue weighted by Gasteiger charge is 2.45. The van der Waals surface area contributed by atoms with Gasteiger partial charge in [-0.25, -0.2) is 0 Å². The Morgan fingerprint density at radius 2 is 1.80 bits per heavy atom. The minimum absolute atomic E-state index is 0.126. The Hall–Kier alpha value is -3.15. The molecule has 2 aliphatic rings. The van der Waals surface area contributed by atoms with Gasteiger partial charge >= 0.3 is 0 Å². The molecule has 10 nitrogen and oxygen atoms in total. The second kappa shape index (κ2) is 9.14. The van der Waals surface area contributed by atoms with Crippen LogP contribution in [0, 0.1) is 6.92 Å². The van der Waals surface area contributed by atoms with Gasteiger partial charge in [0.05, 0.1) is 17.6 Å². The summed E-state index contributed by atoms with van der Waals surface area (Å²) in [6.45, 7) is 3.11. The summed E-state index contributed by atoms with van der Waals surface area (Å²) in [5, 5.41) is 40.2. The van der Waals surface area contributed by atoms with Crippen LogP contribution >= 0.6 is 0 Å². The molecule has 0 unspecified atom stereocenters. The second-order valence-electron chi connectivity index (χ2n) is 8.56. The van der Waals surface area contributed by atoms with E-state index >= 15 is 0 Å². The Labute approximate surface area is 199 Å². The standard InChI is InChI=1S/C25H26O10/c1-3-12-6-14-17(8-16(12)34-25-24(30)23(29)22(28)19(9-26)35-25)33-11(2)20(21(14)27)13-4-5-15-18(7-13)32-10-31-15/h4-8,19,22-26,28-30H,3,9-10H2,1-2H3/t19-,22+,23+,24+,25-/m0/s1. The maximum atomic E-state index is 13.5. The van der Waals surface area contributed by atoms with Crippen LogP contribution in [0.5, 0.6) is 17.2 Å². The topological polar surface area (TPSA) is 148 Å². The Bertz CT molecular complexity index is 1310. The van der Waals surface area contributed by atoms with Crippen LogP contribution in [0.1, 0.15) is 18.2 Å². The van der Waals surface area contributed by atoms with E-state index in [2.05, 4.69) is 0 Å². The van der Waals surface area contributed by atoms with Gasteiger partial charge in [0.2, 0.25) is 18.5 Å². The third kappa shape index (κ3) is 4.03. The van der Waals surface area contributed by atoms with Gasteiger partial charge in [0, 0.05) is 6.07 Å². The summed E-state index contributed by atoms with van der Waals surface area (Å²) in [5.74, 6) is 1.84. The zero-order valence-electron chi connectivity index (χ0n) is 19.1. The summed E-state index contributed by atoms with van der Waals surface area (Å²) in [6, 6.07) is 8.46. The van der Waals surface area contributed by atoms with E-state index in [4.69, 9.17) is 23.4 Å². The second-order valence-corrected chi connectivity index (χ2v) is 8.56. The fourth-order valence-electron chi connectivity index (χ4n) is 4.44. The lowest BCUT2D eigenvalue weighted by Gasteiger charge is -2.39. The van der Waals surface area contributed by atoms with Crippen LogP contribution in [-0.4, -0.2) is 64.5 Å². The molecule has 1 saturated heterocycles. The van der Waals surface area contributed by atoms with E-state index in [9.17, 15) is 25.2 Å². The van der Waals surface area contributed by atoms with Gasteiger partial charge in [-0.3, -0.25) is 4.79 Å². The molecule has 1 fully saturated rings. The van der Waals surface area contributed by atoms with Crippen LogP contribution in [0.2, 0.25) is 0 Å². The number of rotatable bonds is 5. The van der Waals surface area contributed by atoms with Gasteiger partial charge in [-0.1, -0.05) is 13.0 Å².